The lowest BCUT2D eigenvalue weighted by atomic mass is 10.1. The number of pyridine rings is 1. The van der Waals surface area contributed by atoms with Crippen LogP contribution in [0.25, 0.3) is 11.1 Å². The minimum absolute atomic E-state index is 0.399. The van der Waals surface area contributed by atoms with Crippen molar-refractivity contribution >= 4 is 17.4 Å². The van der Waals surface area contributed by atoms with Crippen LogP contribution >= 0.6 is 11.6 Å². The summed E-state index contributed by atoms with van der Waals surface area (Å²) in [6.07, 6.45) is 3.46. The Kier molecular flexibility index (Phi) is 4.10. The van der Waals surface area contributed by atoms with Crippen molar-refractivity contribution in [3.8, 4) is 11.1 Å². The van der Waals surface area contributed by atoms with Crippen molar-refractivity contribution in [2.24, 2.45) is 5.92 Å². The molecule has 0 unspecified atom stereocenters. The molecule has 5 heteroatoms. The number of aromatic nitrogens is 3. The third kappa shape index (κ3) is 3.17. The summed E-state index contributed by atoms with van der Waals surface area (Å²) in [6.45, 7) is 5.13. The van der Waals surface area contributed by atoms with Crippen molar-refractivity contribution in [1.29, 1.82) is 0 Å². The topological polar surface area (TPSA) is 50.7 Å². The van der Waals surface area contributed by atoms with Crippen molar-refractivity contribution < 1.29 is 0 Å². The minimum Gasteiger partial charge on any atom is -0.368 e. The van der Waals surface area contributed by atoms with Crippen molar-refractivity contribution in [1.82, 2.24) is 15.2 Å². The summed E-state index contributed by atoms with van der Waals surface area (Å²) in [7, 11) is 0. The van der Waals surface area contributed by atoms with E-state index in [0.29, 0.717) is 11.1 Å². The molecular formula is C13H15ClN4. The zero-order valence-electron chi connectivity index (χ0n) is 10.4. The number of rotatable bonds is 4. The molecule has 0 aliphatic heterocycles. The first kappa shape index (κ1) is 12.8. The Morgan fingerprint density at radius 3 is 2.61 bits per heavy atom. The Bertz CT molecular complexity index is 514. The number of nitrogens with zero attached hydrogens (tertiary/aromatic N) is 3. The molecule has 0 bridgehead atoms. The molecule has 0 aliphatic rings. The number of hydrogen-bond donors (Lipinski definition) is 1. The van der Waals surface area contributed by atoms with Gasteiger partial charge in [0.25, 0.3) is 0 Å². The summed E-state index contributed by atoms with van der Waals surface area (Å²) in [5.41, 5.74) is 1.85. The monoisotopic (exact) mass is 262 g/mol. The van der Waals surface area contributed by atoms with E-state index in [2.05, 4.69) is 34.3 Å². The second-order valence-electron chi connectivity index (χ2n) is 4.44. The van der Waals surface area contributed by atoms with Gasteiger partial charge < -0.3 is 5.32 Å². The smallest absolute Gasteiger partial charge is 0.159 e. The Balaban J connectivity index is 2.27. The van der Waals surface area contributed by atoms with Gasteiger partial charge in [-0.15, -0.1) is 10.2 Å². The second kappa shape index (κ2) is 5.78. The Morgan fingerprint density at radius 2 is 1.94 bits per heavy atom. The van der Waals surface area contributed by atoms with Crippen molar-refractivity contribution in [2.75, 3.05) is 11.9 Å². The molecule has 94 valence electrons. The Labute approximate surface area is 111 Å². The molecule has 0 aliphatic carbocycles. The van der Waals surface area contributed by atoms with Gasteiger partial charge in [-0.2, -0.15) is 0 Å². The van der Waals surface area contributed by atoms with Crippen LogP contribution in [0.3, 0.4) is 0 Å². The number of hydrogen-bond acceptors (Lipinski definition) is 4. The predicted molar refractivity (Wildman–Crippen MR) is 73.6 cm³/mol. The molecule has 1 N–H and O–H groups in total. The molecule has 0 fully saturated rings. The Morgan fingerprint density at radius 1 is 1.22 bits per heavy atom. The van der Waals surface area contributed by atoms with E-state index >= 15 is 0 Å². The molecule has 18 heavy (non-hydrogen) atoms. The first-order chi connectivity index (χ1) is 8.66. The summed E-state index contributed by atoms with van der Waals surface area (Å²) < 4.78 is 0. The highest BCUT2D eigenvalue weighted by molar-refractivity contribution is 6.32. The summed E-state index contributed by atoms with van der Waals surface area (Å²) in [5, 5.41) is 11.6. The van der Waals surface area contributed by atoms with Gasteiger partial charge in [-0.3, -0.25) is 4.98 Å². The summed E-state index contributed by atoms with van der Waals surface area (Å²) in [6, 6.07) is 5.71. The zero-order valence-corrected chi connectivity index (χ0v) is 11.1. The molecule has 0 saturated carbocycles. The highest BCUT2D eigenvalue weighted by Gasteiger charge is 2.07. The molecule has 0 aromatic carbocycles. The molecule has 0 saturated heterocycles. The van der Waals surface area contributed by atoms with Gasteiger partial charge in [0.1, 0.15) is 5.82 Å². The molecule has 2 aromatic heterocycles. The van der Waals surface area contributed by atoms with Gasteiger partial charge in [0, 0.05) is 24.5 Å². The SMILES string of the molecule is CC(C)CNc1cc(-c2ccncc2)c(Cl)nn1. The zero-order chi connectivity index (χ0) is 13.0. The normalized spacial score (nSPS) is 10.7. The van der Waals surface area contributed by atoms with E-state index in [1.54, 1.807) is 12.4 Å². The lowest BCUT2D eigenvalue weighted by molar-refractivity contribution is 0.685. The third-order valence-corrected chi connectivity index (χ3v) is 2.71. The predicted octanol–water partition coefficient (Wildman–Crippen LogP) is 3.26. The van der Waals surface area contributed by atoms with E-state index in [4.69, 9.17) is 11.6 Å². The Hall–Kier alpha value is -1.68. The molecule has 2 rings (SSSR count). The fourth-order valence-corrected chi connectivity index (χ4v) is 1.71. The van der Waals surface area contributed by atoms with Gasteiger partial charge >= 0.3 is 0 Å². The fourth-order valence-electron chi connectivity index (χ4n) is 1.51. The van der Waals surface area contributed by atoms with Gasteiger partial charge in [-0.05, 0) is 29.7 Å². The van der Waals surface area contributed by atoms with E-state index < -0.39 is 0 Å². The number of nitrogens with one attached hydrogen (secondary N) is 1. The first-order valence-electron chi connectivity index (χ1n) is 5.84. The van der Waals surface area contributed by atoms with Crippen molar-refractivity contribution in [2.45, 2.75) is 13.8 Å². The van der Waals surface area contributed by atoms with Crippen molar-refractivity contribution in [3.05, 3.63) is 35.7 Å². The van der Waals surface area contributed by atoms with Crippen LogP contribution in [0.1, 0.15) is 13.8 Å². The van der Waals surface area contributed by atoms with Gasteiger partial charge in [0.05, 0.1) is 0 Å². The molecular weight excluding hydrogens is 248 g/mol. The maximum atomic E-state index is 6.07. The fraction of sp³-hybridized carbons (Fsp3) is 0.308. The van der Waals surface area contributed by atoms with Gasteiger partial charge in [-0.1, -0.05) is 25.4 Å². The van der Waals surface area contributed by atoms with Crippen LogP contribution in [-0.2, 0) is 0 Å². The molecule has 2 aromatic rings. The third-order valence-electron chi connectivity index (χ3n) is 2.43. The van der Waals surface area contributed by atoms with Gasteiger partial charge in [-0.25, -0.2) is 0 Å². The van der Waals surface area contributed by atoms with E-state index in [1.165, 1.54) is 0 Å². The largest absolute Gasteiger partial charge is 0.368 e. The average Bonchev–Trinajstić information content (AvgIpc) is 2.38. The minimum atomic E-state index is 0.399. The van der Waals surface area contributed by atoms with E-state index in [1.807, 2.05) is 18.2 Å². The first-order valence-corrected chi connectivity index (χ1v) is 6.22. The van der Waals surface area contributed by atoms with E-state index in [-0.39, 0.29) is 0 Å². The molecule has 0 spiro atoms. The van der Waals surface area contributed by atoms with Crippen LogP contribution < -0.4 is 5.32 Å². The lowest BCUT2D eigenvalue weighted by Gasteiger charge is -2.09. The average molecular weight is 263 g/mol. The van der Waals surface area contributed by atoms with Gasteiger partial charge in [0.15, 0.2) is 5.15 Å². The quantitative estimate of drug-likeness (QED) is 0.919. The van der Waals surface area contributed by atoms with Crippen LogP contribution in [0.2, 0.25) is 5.15 Å². The highest BCUT2D eigenvalue weighted by atomic mass is 35.5. The molecule has 0 atom stereocenters. The van der Waals surface area contributed by atoms with Crippen LogP contribution in [0.4, 0.5) is 5.82 Å². The van der Waals surface area contributed by atoms with Crippen LogP contribution in [0, 0.1) is 5.92 Å². The molecule has 2 heterocycles. The van der Waals surface area contributed by atoms with Gasteiger partial charge in [0.2, 0.25) is 0 Å². The molecule has 0 amide bonds. The van der Waals surface area contributed by atoms with E-state index in [9.17, 15) is 0 Å². The van der Waals surface area contributed by atoms with Crippen LogP contribution in [0.15, 0.2) is 30.6 Å². The molecule has 0 radical (unpaired) electrons. The molecule has 4 nitrogen and oxygen atoms in total. The lowest BCUT2D eigenvalue weighted by Crippen LogP contribution is -2.09. The summed E-state index contributed by atoms with van der Waals surface area (Å²) in [5.74, 6) is 1.28. The van der Waals surface area contributed by atoms with Crippen LogP contribution in [0.5, 0.6) is 0 Å². The maximum Gasteiger partial charge on any atom is 0.159 e. The number of halogens is 1. The highest BCUT2D eigenvalue weighted by Crippen LogP contribution is 2.26. The summed E-state index contributed by atoms with van der Waals surface area (Å²) in [4.78, 5) is 3.99. The van der Waals surface area contributed by atoms with Crippen LogP contribution in [-0.4, -0.2) is 21.7 Å². The summed E-state index contributed by atoms with van der Waals surface area (Å²) >= 11 is 6.07. The maximum absolute atomic E-state index is 6.07. The van der Waals surface area contributed by atoms with Crippen molar-refractivity contribution in [3.63, 3.8) is 0 Å². The van der Waals surface area contributed by atoms with E-state index in [0.717, 1.165) is 23.5 Å². The number of anilines is 1. The standard InChI is InChI=1S/C13H15ClN4/c1-9(2)8-16-12-7-11(13(14)18-17-12)10-3-5-15-6-4-10/h3-7,9H,8H2,1-2H3,(H,16,17). The second-order valence-corrected chi connectivity index (χ2v) is 4.80.